The molecule has 226 valence electrons. The van der Waals surface area contributed by atoms with Crippen molar-refractivity contribution in [2.45, 2.75) is 62.7 Å². The van der Waals surface area contributed by atoms with Crippen LogP contribution in [0.3, 0.4) is 0 Å². The average Bonchev–Trinajstić information content (AvgIpc) is 2.94. The monoisotopic (exact) mass is 586 g/mol. The minimum atomic E-state index is -1.48. The molecule has 9 N–H and O–H groups in total. The van der Waals surface area contributed by atoms with Crippen molar-refractivity contribution in [2.75, 3.05) is 0 Å². The van der Waals surface area contributed by atoms with Crippen molar-refractivity contribution in [3.05, 3.63) is 65.7 Å². The zero-order valence-electron chi connectivity index (χ0n) is 22.6. The van der Waals surface area contributed by atoms with Crippen LogP contribution in [0.25, 0.3) is 0 Å². The van der Waals surface area contributed by atoms with Crippen LogP contribution in [-0.2, 0) is 41.6 Å². The van der Waals surface area contributed by atoms with Gasteiger partial charge in [-0.3, -0.25) is 24.0 Å². The largest absolute Gasteiger partial charge is 0.508 e. The lowest BCUT2D eigenvalue weighted by molar-refractivity contribution is -0.143. The number of rotatable bonds is 17. The van der Waals surface area contributed by atoms with Crippen molar-refractivity contribution in [1.29, 1.82) is 0 Å². The lowest BCUT2D eigenvalue weighted by Gasteiger charge is -2.25. The zero-order chi connectivity index (χ0) is 31.2. The van der Waals surface area contributed by atoms with E-state index in [2.05, 4.69) is 16.0 Å². The Morgan fingerprint density at radius 3 is 1.67 bits per heavy atom. The van der Waals surface area contributed by atoms with Crippen LogP contribution in [0.2, 0.25) is 0 Å². The molecule has 0 radical (unpaired) electrons. The van der Waals surface area contributed by atoms with Gasteiger partial charge in [-0.15, -0.1) is 0 Å². The number of amides is 3. The summed E-state index contributed by atoms with van der Waals surface area (Å²) in [4.78, 5) is 73.1. The Kier molecular flexibility index (Phi) is 12.9. The molecule has 14 heteroatoms. The molecule has 2 rings (SSSR count). The van der Waals surface area contributed by atoms with Crippen molar-refractivity contribution in [2.24, 2.45) is 5.73 Å². The van der Waals surface area contributed by atoms with E-state index in [0.717, 1.165) is 0 Å². The molecule has 0 fully saturated rings. The molecule has 4 atom stereocenters. The summed E-state index contributed by atoms with van der Waals surface area (Å²) in [7, 11) is 0. The molecule has 0 aromatic heterocycles. The number of phenols is 1. The summed E-state index contributed by atoms with van der Waals surface area (Å²) < 4.78 is 0. The number of carbonyl (C=O) groups excluding carboxylic acids is 3. The number of aliphatic carboxylic acids is 3. The number of benzene rings is 2. The van der Waals surface area contributed by atoms with E-state index in [0.29, 0.717) is 11.1 Å². The fourth-order valence-electron chi connectivity index (χ4n) is 3.90. The van der Waals surface area contributed by atoms with Crippen LogP contribution in [0.5, 0.6) is 5.75 Å². The average molecular weight is 587 g/mol. The number of carbonyl (C=O) groups is 6. The third kappa shape index (κ3) is 11.6. The normalized spacial score (nSPS) is 13.5. The summed E-state index contributed by atoms with van der Waals surface area (Å²) in [5.41, 5.74) is 6.89. The van der Waals surface area contributed by atoms with Crippen molar-refractivity contribution in [3.8, 4) is 5.75 Å². The topological polar surface area (TPSA) is 245 Å². The lowest BCUT2D eigenvalue weighted by Crippen LogP contribution is -2.57. The van der Waals surface area contributed by atoms with E-state index in [1.807, 2.05) is 0 Å². The molecular weight excluding hydrogens is 552 g/mol. The van der Waals surface area contributed by atoms with Crippen molar-refractivity contribution in [1.82, 2.24) is 16.0 Å². The van der Waals surface area contributed by atoms with Crippen LogP contribution in [0.15, 0.2) is 54.6 Å². The molecule has 2 aromatic carbocycles. The van der Waals surface area contributed by atoms with E-state index in [-0.39, 0.29) is 31.4 Å². The summed E-state index contributed by atoms with van der Waals surface area (Å²) in [6, 6.07) is 8.67. The summed E-state index contributed by atoms with van der Waals surface area (Å²) in [5.74, 6) is -6.51. The maximum atomic E-state index is 13.4. The molecule has 0 aliphatic carbocycles. The number of carboxylic acid groups (broad SMARTS) is 3. The van der Waals surface area contributed by atoms with Gasteiger partial charge >= 0.3 is 17.9 Å². The highest BCUT2D eigenvalue weighted by atomic mass is 16.4. The molecule has 14 nitrogen and oxygen atoms in total. The number of hydrogen-bond donors (Lipinski definition) is 8. The van der Waals surface area contributed by atoms with Gasteiger partial charge in [0.05, 0.1) is 6.04 Å². The molecule has 0 spiro atoms. The number of nitrogens with one attached hydrogen (secondary N) is 3. The number of phenolic OH excluding ortho intramolecular Hbond substituents is 1. The van der Waals surface area contributed by atoms with Gasteiger partial charge in [0.2, 0.25) is 17.7 Å². The molecule has 0 heterocycles. The van der Waals surface area contributed by atoms with Crippen LogP contribution >= 0.6 is 0 Å². The smallest absolute Gasteiger partial charge is 0.326 e. The zero-order valence-corrected chi connectivity index (χ0v) is 22.6. The van der Waals surface area contributed by atoms with Crippen LogP contribution < -0.4 is 21.7 Å². The highest BCUT2D eigenvalue weighted by Crippen LogP contribution is 2.13. The first-order valence-corrected chi connectivity index (χ1v) is 13.0. The van der Waals surface area contributed by atoms with Crippen molar-refractivity contribution in [3.63, 3.8) is 0 Å². The van der Waals surface area contributed by atoms with Crippen LogP contribution in [-0.4, -0.2) is 80.2 Å². The highest BCUT2D eigenvalue weighted by Gasteiger charge is 2.31. The number of aromatic hydroxyl groups is 1. The van der Waals surface area contributed by atoms with E-state index in [9.17, 15) is 39.0 Å². The first-order chi connectivity index (χ1) is 19.8. The van der Waals surface area contributed by atoms with Gasteiger partial charge in [0, 0.05) is 25.7 Å². The molecule has 0 aliphatic rings. The Bertz CT molecular complexity index is 1250. The highest BCUT2D eigenvalue weighted by molar-refractivity contribution is 5.94. The third-order valence-corrected chi connectivity index (χ3v) is 6.19. The Morgan fingerprint density at radius 1 is 0.619 bits per heavy atom. The summed E-state index contributed by atoms with van der Waals surface area (Å²) in [6.07, 6.45) is -1.74. The predicted octanol–water partition coefficient (Wildman–Crippen LogP) is -0.227. The van der Waals surface area contributed by atoms with Crippen LogP contribution in [0, 0.1) is 0 Å². The van der Waals surface area contributed by atoms with Gasteiger partial charge in [-0.1, -0.05) is 42.5 Å². The minimum Gasteiger partial charge on any atom is -0.508 e. The maximum Gasteiger partial charge on any atom is 0.326 e. The van der Waals surface area contributed by atoms with E-state index in [4.69, 9.17) is 15.9 Å². The number of hydrogen-bond acceptors (Lipinski definition) is 8. The second-order valence-electron chi connectivity index (χ2n) is 9.55. The third-order valence-electron chi connectivity index (χ3n) is 6.19. The van der Waals surface area contributed by atoms with E-state index in [1.165, 1.54) is 24.3 Å². The second-order valence-corrected chi connectivity index (χ2v) is 9.55. The first-order valence-electron chi connectivity index (χ1n) is 13.0. The molecule has 0 saturated carbocycles. The summed E-state index contributed by atoms with van der Waals surface area (Å²) >= 11 is 0. The van der Waals surface area contributed by atoms with Gasteiger partial charge in [0.15, 0.2) is 0 Å². The number of carboxylic acids is 3. The molecule has 2 aromatic rings. The molecule has 3 amide bonds. The van der Waals surface area contributed by atoms with Gasteiger partial charge in [0.25, 0.3) is 0 Å². The van der Waals surface area contributed by atoms with Crippen molar-refractivity contribution < 1.29 is 49.2 Å². The fourth-order valence-corrected chi connectivity index (χ4v) is 3.90. The molecule has 0 aliphatic heterocycles. The number of nitrogens with two attached hydrogens (primary N) is 1. The minimum absolute atomic E-state index is 0.0478. The van der Waals surface area contributed by atoms with E-state index >= 15 is 0 Å². The first kappa shape index (κ1) is 33.2. The molecule has 42 heavy (non-hydrogen) atoms. The molecule has 0 saturated heterocycles. The molecule has 4 unspecified atom stereocenters. The van der Waals surface area contributed by atoms with Gasteiger partial charge in [0.1, 0.15) is 23.9 Å². The SMILES string of the molecule is NC(CCC(=O)O)C(=O)NC(Cc1ccc(O)cc1)C(=O)NC(CCC(=O)O)C(=O)NC(Cc1ccccc1)C(=O)O. The van der Waals surface area contributed by atoms with Gasteiger partial charge in [-0.05, 0) is 36.1 Å². The second kappa shape index (κ2) is 16.3. The van der Waals surface area contributed by atoms with Crippen LogP contribution in [0.1, 0.15) is 36.8 Å². The maximum absolute atomic E-state index is 13.4. The van der Waals surface area contributed by atoms with Crippen molar-refractivity contribution >= 4 is 35.6 Å². The summed E-state index contributed by atoms with van der Waals surface area (Å²) in [6.45, 7) is 0. The van der Waals surface area contributed by atoms with Gasteiger partial charge in [-0.2, -0.15) is 0 Å². The Hall–Kier alpha value is -4.98. The Morgan fingerprint density at radius 2 is 1.10 bits per heavy atom. The fraction of sp³-hybridized carbons (Fsp3) is 0.357. The Labute approximate surface area is 240 Å². The van der Waals surface area contributed by atoms with Gasteiger partial charge < -0.3 is 42.1 Å². The molecular formula is C28H34N4O10. The Balaban J connectivity index is 2.25. The van der Waals surface area contributed by atoms with Crippen LogP contribution in [0.4, 0.5) is 0 Å². The lowest BCUT2D eigenvalue weighted by atomic mass is 10.0. The van der Waals surface area contributed by atoms with Gasteiger partial charge in [-0.25, -0.2) is 4.79 Å². The van der Waals surface area contributed by atoms with E-state index < -0.39 is 72.6 Å². The predicted molar refractivity (Wildman–Crippen MR) is 147 cm³/mol. The molecule has 0 bridgehead atoms. The van der Waals surface area contributed by atoms with E-state index in [1.54, 1.807) is 30.3 Å². The quantitative estimate of drug-likeness (QED) is 0.120. The summed E-state index contributed by atoms with van der Waals surface area (Å²) in [5, 5.41) is 44.4. The standard InChI is InChI=1S/C28H34N4O10/c29-19(10-12-23(34)35)25(38)31-21(14-17-6-8-18(33)9-7-17)27(40)30-20(11-13-24(36)37)26(39)32-22(28(41)42)15-16-4-2-1-3-5-16/h1-9,19-22,33H,10-15,29H2,(H,30,40)(H,31,38)(H,32,39)(H,34,35)(H,36,37)(H,41,42).